The molecule has 1 aromatic carbocycles. The largest absolute Gasteiger partial charge is 0.355 e. The van der Waals surface area contributed by atoms with Crippen LogP contribution in [0.4, 0.5) is 16.0 Å². The number of aromatic nitrogens is 2. The van der Waals surface area contributed by atoms with Gasteiger partial charge in [0.2, 0.25) is 5.95 Å². The minimum atomic E-state index is -3.83. The molecule has 20 heavy (non-hydrogen) atoms. The van der Waals surface area contributed by atoms with E-state index in [-0.39, 0.29) is 10.6 Å². The number of sulfonamides is 1. The molecular weight excluding hydrogens is 283 g/mol. The van der Waals surface area contributed by atoms with Crippen LogP contribution in [0.3, 0.4) is 0 Å². The molecule has 2 aromatic rings. The molecule has 0 saturated heterocycles. The van der Waals surface area contributed by atoms with Crippen LogP contribution >= 0.6 is 0 Å². The molecule has 1 aromatic heterocycles. The second kappa shape index (κ2) is 5.83. The van der Waals surface area contributed by atoms with Crippen molar-refractivity contribution in [2.75, 3.05) is 16.6 Å². The van der Waals surface area contributed by atoms with Crippen molar-refractivity contribution in [1.29, 1.82) is 0 Å². The highest BCUT2D eigenvalue weighted by Gasteiger charge is 2.15. The standard InChI is InChI=1S/C12H13FN4O2S/c1-2-14-12-15-7-11(8-16-12)20(18,19)17-10-5-3-4-9(13)6-10/h3-8,17H,2H2,1H3,(H,14,15,16). The Morgan fingerprint density at radius 2 is 1.95 bits per heavy atom. The first-order valence-electron chi connectivity index (χ1n) is 5.85. The highest BCUT2D eigenvalue weighted by Crippen LogP contribution is 2.16. The van der Waals surface area contributed by atoms with Crippen molar-refractivity contribution in [3.63, 3.8) is 0 Å². The van der Waals surface area contributed by atoms with E-state index in [0.29, 0.717) is 12.5 Å². The lowest BCUT2D eigenvalue weighted by atomic mass is 10.3. The maximum Gasteiger partial charge on any atom is 0.264 e. The fourth-order valence-corrected chi connectivity index (χ4v) is 2.41. The number of benzene rings is 1. The van der Waals surface area contributed by atoms with E-state index in [0.717, 1.165) is 6.07 Å². The zero-order valence-electron chi connectivity index (χ0n) is 10.7. The molecule has 0 bridgehead atoms. The van der Waals surface area contributed by atoms with Crippen molar-refractivity contribution < 1.29 is 12.8 Å². The third kappa shape index (κ3) is 3.41. The summed E-state index contributed by atoms with van der Waals surface area (Å²) in [6.07, 6.45) is 2.37. The number of hydrogen-bond acceptors (Lipinski definition) is 5. The average molecular weight is 296 g/mol. The molecule has 2 N–H and O–H groups in total. The monoisotopic (exact) mass is 296 g/mol. The smallest absolute Gasteiger partial charge is 0.264 e. The van der Waals surface area contributed by atoms with E-state index >= 15 is 0 Å². The van der Waals surface area contributed by atoms with Crippen LogP contribution in [-0.4, -0.2) is 24.9 Å². The molecule has 0 saturated carbocycles. The molecule has 0 atom stereocenters. The number of anilines is 2. The average Bonchev–Trinajstić information content (AvgIpc) is 2.39. The van der Waals surface area contributed by atoms with Gasteiger partial charge in [-0.25, -0.2) is 22.8 Å². The highest BCUT2D eigenvalue weighted by molar-refractivity contribution is 7.92. The Hall–Kier alpha value is -2.22. The van der Waals surface area contributed by atoms with Crippen molar-refractivity contribution in [1.82, 2.24) is 9.97 Å². The first kappa shape index (κ1) is 14.2. The van der Waals surface area contributed by atoms with Gasteiger partial charge in [0.05, 0.1) is 18.1 Å². The Morgan fingerprint density at radius 1 is 1.25 bits per heavy atom. The van der Waals surface area contributed by atoms with Crippen LogP contribution < -0.4 is 10.0 Å². The van der Waals surface area contributed by atoms with Crippen LogP contribution in [-0.2, 0) is 10.0 Å². The van der Waals surface area contributed by atoms with Gasteiger partial charge in [-0.15, -0.1) is 0 Å². The van der Waals surface area contributed by atoms with Gasteiger partial charge in [0.15, 0.2) is 0 Å². The molecule has 0 fully saturated rings. The molecular formula is C12H13FN4O2S. The lowest BCUT2D eigenvalue weighted by Crippen LogP contribution is -2.14. The molecule has 106 valence electrons. The summed E-state index contributed by atoms with van der Waals surface area (Å²) in [5.41, 5.74) is 0.140. The predicted octanol–water partition coefficient (Wildman–Crippen LogP) is 1.85. The summed E-state index contributed by atoms with van der Waals surface area (Å²) in [4.78, 5) is 7.66. The van der Waals surface area contributed by atoms with Crippen molar-refractivity contribution in [2.24, 2.45) is 0 Å². The normalized spacial score (nSPS) is 11.1. The van der Waals surface area contributed by atoms with Gasteiger partial charge < -0.3 is 5.32 Å². The Bertz CT molecular complexity index is 689. The summed E-state index contributed by atoms with van der Waals surface area (Å²) in [5.74, 6) is -0.179. The molecule has 0 aliphatic rings. The third-order valence-corrected chi connectivity index (χ3v) is 3.69. The van der Waals surface area contributed by atoms with Crippen LogP contribution in [0.1, 0.15) is 6.92 Å². The summed E-state index contributed by atoms with van der Waals surface area (Å²) in [5, 5.41) is 2.86. The summed E-state index contributed by atoms with van der Waals surface area (Å²) in [7, 11) is -3.83. The van der Waals surface area contributed by atoms with E-state index in [1.165, 1.54) is 30.6 Å². The SMILES string of the molecule is CCNc1ncc(S(=O)(=O)Nc2cccc(F)c2)cn1. The Balaban J connectivity index is 2.21. The number of nitrogens with one attached hydrogen (secondary N) is 2. The Morgan fingerprint density at radius 3 is 2.55 bits per heavy atom. The van der Waals surface area contributed by atoms with E-state index in [1.807, 2.05) is 6.92 Å². The molecule has 1 heterocycles. The van der Waals surface area contributed by atoms with Gasteiger partial charge in [0, 0.05) is 6.54 Å². The molecule has 0 aliphatic heterocycles. The van der Waals surface area contributed by atoms with Gasteiger partial charge >= 0.3 is 0 Å². The summed E-state index contributed by atoms with van der Waals surface area (Å²) in [6, 6.07) is 5.18. The zero-order chi connectivity index (χ0) is 14.6. The number of nitrogens with zero attached hydrogens (tertiary/aromatic N) is 2. The Kier molecular flexibility index (Phi) is 4.14. The van der Waals surface area contributed by atoms with Crippen LogP contribution in [0.5, 0.6) is 0 Å². The number of hydrogen-bond donors (Lipinski definition) is 2. The van der Waals surface area contributed by atoms with Gasteiger partial charge in [0.25, 0.3) is 10.0 Å². The van der Waals surface area contributed by atoms with Crippen molar-refractivity contribution in [3.05, 3.63) is 42.5 Å². The van der Waals surface area contributed by atoms with Crippen molar-refractivity contribution in [2.45, 2.75) is 11.8 Å². The van der Waals surface area contributed by atoms with Gasteiger partial charge in [-0.2, -0.15) is 0 Å². The highest BCUT2D eigenvalue weighted by atomic mass is 32.2. The first-order chi connectivity index (χ1) is 9.51. The maximum absolute atomic E-state index is 13.0. The molecule has 0 aliphatic carbocycles. The first-order valence-corrected chi connectivity index (χ1v) is 7.34. The van der Waals surface area contributed by atoms with Crippen LogP contribution in [0.15, 0.2) is 41.6 Å². The lowest BCUT2D eigenvalue weighted by molar-refractivity contribution is 0.600. The predicted molar refractivity (Wildman–Crippen MR) is 73.4 cm³/mol. The maximum atomic E-state index is 13.0. The van der Waals surface area contributed by atoms with E-state index in [4.69, 9.17) is 0 Å². The zero-order valence-corrected chi connectivity index (χ0v) is 11.5. The van der Waals surface area contributed by atoms with E-state index in [2.05, 4.69) is 20.0 Å². The molecule has 0 unspecified atom stereocenters. The van der Waals surface area contributed by atoms with E-state index in [1.54, 1.807) is 0 Å². The molecule has 0 radical (unpaired) electrons. The fraction of sp³-hybridized carbons (Fsp3) is 0.167. The molecule has 8 heteroatoms. The van der Waals surface area contributed by atoms with Crippen LogP contribution in [0.25, 0.3) is 0 Å². The molecule has 0 spiro atoms. The molecule has 0 amide bonds. The minimum Gasteiger partial charge on any atom is -0.355 e. The van der Waals surface area contributed by atoms with Gasteiger partial charge in [-0.3, -0.25) is 4.72 Å². The number of rotatable bonds is 5. The van der Waals surface area contributed by atoms with Crippen molar-refractivity contribution in [3.8, 4) is 0 Å². The summed E-state index contributed by atoms with van der Waals surface area (Å²) in [6.45, 7) is 2.51. The van der Waals surface area contributed by atoms with E-state index in [9.17, 15) is 12.8 Å². The topological polar surface area (TPSA) is 84.0 Å². The fourth-order valence-electron chi connectivity index (χ4n) is 1.47. The van der Waals surface area contributed by atoms with Crippen LogP contribution in [0.2, 0.25) is 0 Å². The van der Waals surface area contributed by atoms with Gasteiger partial charge in [-0.05, 0) is 25.1 Å². The Labute approximate surface area is 116 Å². The van der Waals surface area contributed by atoms with Crippen LogP contribution in [0, 0.1) is 5.82 Å². The molecule has 6 nitrogen and oxygen atoms in total. The molecule has 2 rings (SSSR count). The third-order valence-electron chi connectivity index (χ3n) is 2.35. The summed E-state index contributed by atoms with van der Waals surface area (Å²) < 4.78 is 39.4. The minimum absolute atomic E-state index is 0.0941. The van der Waals surface area contributed by atoms with E-state index < -0.39 is 15.8 Å². The summed E-state index contributed by atoms with van der Waals surface area (Å²) >= 11 is 0. The second-order valence-corrected chi connectivity index (χ2v) is 5.57. The quantitative estimate of drug-likeness (QED) is 0.879. The lowest BCUT2D eigenvalue weighted by Gasteiger charge is -2.08. The van der Waals surface area contributed by atoms with Gasteiger partial charge in [0.1, 0.15) is 10.7 Å². The second-order valence-electron chi connectivity index (χ2n) is 3.89. The number of halogens is 1. The van der Waals surface area contributed by atoms with Gasteiger partial charge in [-0.1, -0.05) is 6.07 Å². The van der Waals surface area contributed by atoms with Crippen molar-refractivity contribution >= 4 is 21.7 Å².